The summed E-state index contributed by atoms with van der Waals surface area (Å²) in [6.45, 7) is 6.23. The Morgan fingerprint density at radius 3 is 3.18 bits per heavy atom. The minimum absolute atomic E-state index is 0.0764. The molecule has 0 aliphatic carbocycles. The lowest BCUT2D eigenvalue weighted by Gasteiger charge is -2.41. The second-order valence-corrected chi connectivity index (χ2v) is 3.79. The van der Waals surface area contributed by atoms with Gasteiger partial charge in [-0.3, -0.25) is 4.90 Å². The van der Waals surface area contributed by atoms with E-state index < -0.39 is 0 Å². The number of ether oxygens (including phenoxy) is 1. The maximum Gasteiger partial charge on any atom is 0.0945 e. The quantitative estimate of drug-likeness (QED) is 0.520. The number of hydrogen-bond acceptors (Lipinski definition) is 3. The molecule has 3 heteroatoms. The summed E-state index contributed by atoms with van der Waals surface area (Å²) in [7, 11) is 2.18. The maximum atomic E-state index is 5.76. The van der Waals surface area contributed by atoms with E-state index in [0.717, 1.165) is 26.2 Å². The second kappa shape index (κ2) is 2.44. The van der Waals surface area contributed by atoms with E-state index in [0.29, 0.717) is 6.04 Å². The molecule has 0 aromatic heterocycles. The van der Waals surface area contributed by atoms with Crippen LogP contribution in [0.1, 0.15) is 6.92 Å². The second-order valence-electron chi connectivity index (χ2n) is 3.79. The molecule has 0 bridgehead atoms. The number of likely N-dealkylation sites (N-methyl/N-ethyl adjacent to an activating group) is 1. The number of hydrogen-bond donors (Lipinski definition) is 1. The summed E-state index contributed by atoms with van der Waals surface area (Å²) >= 11 is 0. The fourth-order valence-electron chi connectivity index (χ4n) is 2.14. The molecule has 0 radical (unpaired) electrons. The van der Waals surface area contributed by atoms with Crippen molar-refractivity contribution in [3.8, 4) is 0 Å². The van der Waals surface area contributed by atoms with E-state index in [4.69, 9.17) is 4.74 Å². The first-order valence-electron chi connectivity index (χ1n) is 4.27. The third kappa shape index (κ3) is 1.08. The summed E-state index contributed by atoms with van der Waals surface area (Å²) < 4.78 is 5.76. The predicted molar refractivity (Wildman–Crippen MR) is 43.6 cm³/mol. The Bertz CT molecular complexity index is 162. The number of morpholine rings is 1. The summed E-state index contributed by atoms with van der Waals surface area (Å²) in [5, 5.41) is 3.37. The van der Waals surface area contributed by atoms with Gasteiger partial charge in [0.05, 0.1) is 18.2 Å². The molecular weight excluding hydrogens is 140 g/mol. The molecule has 2 aliphatic heterocycles. The molecule has 2 atom stereocenters. The van der Waals surface area contributed by atoms with Gasteiger partial charge in [0.15, 0.2) is 0 Å². The van der Waals surface area contributed by atoms with Crippen molar-refractivity contribution in [2.45, 2.75) is 18.6 Å². The Kier molecular flexibility index (Phi) is 1.67. The van der Waals surface area contributed by atoms with Crippen LogP contribution in [-0.4, -0.2) is 49.8 Å². The lowest BCUT2D eigenvalue weighted by atomic mass is 9.97. The van der Waals surface area contributed by atoms with Crippen LogP contribution in [0.4, 0.5) is 0 Å². The van der Waals surface area contributed by atoms with Gasteiger partial charge < -0.3 is 10.1 Å². The fraction of sp³-hybridized carbons (Fsp3) is 1.00. The third-order valence-electron chi connectivity index (χ3n) is 2.93. The van der Waals surface area contributed by atoms with Gasteiger partial charge in [-0.2, -0.15) is 0 Å². The van der Waals surface area contributed by atoms with E-state index in [2.05, 4.69) is 24.2 Å². The normalized spacial score (nSPS) is 45.8. The zero-order valence-electron chi connectivity index (χ0n) is 7.26. The lowest BCUT2D eigenvalue weighted by molar-refractivity contribution is -0.105. The van der Waals surface area contributed by atoms with Crippen molar-refractivity contribution < 1.29 is 4.74 Å². The molecule has 0 amide bonds. The van der Waals surface area contributed by atoms with Crippen molar-refractivity contribution in [2.24, 2.45) is 0 Å². The zero-order valence-corrected chi connectivity index (χ0v) is 7.26. The van der Waals surface area contributed by atoms with Gasteiger partial charge in [0.1, 0.15) is 0 Å². The van der Waals surface area contributed by atoms with E-state index in [1.54, 1.807) is 0 Å². The molecule has 2 rings (SSSR count). The van der Waals surface area contributed by atoms with Crippen molar-refractivity contribution >= 4 is 0 Å². The summed E-state index contributed by atoms with van der Waals surface area (Å²) in [5.74, 6) is 0. The summed E-state index contributed by atoms with van der Waals surface area (Å²) in [6, 6.07) is 0.580. The fourth-order valence-corrected chi connectivity index (χ4v) is 2.14. The number of rotatable bonds is 0. The molecule has 1 unspecified atom stereocenters. The van der Waals surface area contributed by atoms with E-state index in [-0.39, 0.29) is 5.60 Å². The average Bonchev–Trinajstić information content (AvgIpc) is 2.31. The average molecular weight is 156 g/mol. The van der Waals surface area contributed by atoms with Crippen LogP contribution in [-0.2, 0) is 4.74 Å². The molecule has 64 valence electrons. The lowest BCUT2D eigenvalue weighted by Crippen LogP contribution is -2.56. The van der Waals surface area contributed by atoms with Gasteiger partial charge >= 0.3 is 0 Å². The summed E-state index contributed by atoms with van der Waals surface area (Å²) in [6.07, 6.45) is 0. The summed E-state index contributed by atoms with van der Waals surface area (Å²) in [4.78, 5) is 2.39. The minimum atomic E-state index is 0.0764. The molecule has 2 heterocycles. The van der Waals surface area contributed by atoms with Crippen molar-refractivity contribution in [1.29, 1.82) is 0 Å². The highest BCUT2D eigenvalue weighted by atomic mass is 16.5. The highest BCUT2D eigenvalue weighted by Gasteiger charge is 2.44. The Labute approximate surface area is 67.7 Å². The maximum absolute atomic E-state index is 5.76. The van der Waals surface area contributed by atoms with E-state index in [1.807, 2.05) is 0 Å². The van der Waals surface area contributed by atoms with Crippen molar-refractivity contribution in [3.05, 3.63) is 0 Å². The van der Waals surface area contributed by atoms with Crippen LogP contribution in [0.5, 0.6) is 0 Å². The van der Waals surface area contributed by atoms with Gasteiger partial charge in [-0.25, -0.2) is 0 Å². The topological polar surface area (TPSA) is 24.5 Å². The highest BCUT2D eigenvalue weighted by Crippen LogP contribution is 2.26. The first kappa shape index (κ1) is 7.53. The third-order valence-corrected chi connectivity index (χ3v) is 2.93. The van der Waals surface area contributed by atoms with E-state index in [1.165, 1.54) is 0 Å². The molecule has 1 N–H and O–H groups in total. The molecule has 0 aromatic carbocycles. The number of fused-ring (bicyclic) bond motifs is 1. The van der Waals surface area contributed by atoms with Gasteiger partial charge in [0, 0.05) is 19.6 Å². The molecule has 2 aliphatic rings. The van der Waals surface area contributed by atoms with Crippen molar-refractivity contribution in [3.63, 3.8) is 0 Å². The smallest absolute Gasteiger partial charge is 0.0945 e. The van der Waals surface area contributed by atoms with Gasteiger partial charge in [-0.1, -0.05) is 0 Å². The van der Waals surface area contributed by atoms with Gasteiger partial charge in [0.25, 0.3) is 0 Å². The molecule has 2 saturated heterocycles. The number of nitrogens with zero attached hydrogens (tertiary/aromatic N) is 1. The van der Waals surface area contributed by atoms with Crippen molar-refractivity contribution in [2.75, 3.05) is 33.3 Å². The molecule has 2 fully saturated rings. The van der Waals surface area contributed by atoms with Crippen molar-refractivity contribution in [1.82, 2.24) is 10.2 Å². The van der Waals surface area contributed by atoms with Crippen LogP contribution in [0.2, 0.25) is 0 Å². The standard InChI is InChI=1S/C8H16N2O/c1-8-6-9-5-7(8)10(2)3-4-11-8/h7,9H,3-6H2,1-2H3/t7?,8-/m0/s1. The molecule has 0 spiro atoms. The van der Waals surface area contributed by atoms with Crippen LogP contribution < -0.4 is 5.32 Å². The van der Waals surface area contributed by atoms with Crippen LogP contribution >= 0.6 is 0 Å². The van der Waals surface area contributed by atoms with Crippen LogP contribution in [0.15, 0.2) is 0 Å². The van der Waals surface area contributed by atoms with Gasteiger partial charge in [-0.05, 0) is 14.0 Å². The Balaban J connectivity index is 2.15. The van der Waals surface area contributed by atoms with E-state index in [9.17, 15) is 0 Å². The van der Waals surface area contributed by atoms with Crippen LogP contribution in [0.3, 0.4) is 0 Å². The van der Waals surface area contributed by atoms with Gasteiger partial charge in [0.2, 0.25) is 0 Å². The Hall–Kier alpha value is -0.120. The Morgan fingerprint density at radius 2 is 2.45 bits per heavy atom. The molecule has 0 saturated carbocycles. The highest BCUT2D eigenvalue weighted by molar-refractivity contribution is 5.01. The molecule has 11 heavy (non-hydrogen) atoms. The van der Waals surface area contributed by atoms with Crippen LogP contribution in [0.25, 0.3) is 0 Å². The number of nitrogens with one attached hydrogen (secondary N) is 1. The molecule has 0 aromatic rings. The predicted octanol–water partition coefficient (Wildman–Crippen LogP) is -0.321. The SMILES string of the molecule is CN1CCO[C@@]2(C)CNCC12. The zero-order chi connectivity index (χ0) is 7.90. The largest absolute Gasteiger partial charge is 0.371 e. The summed E-state index contributed by atoms with van der Waals surface area (Å²) in [5.41, 5.74) is 0.0764. The molecular formula is C8H16N2O. The monoisotopic (exact) mass is 156 g/mol. The first-order chi connectivity index (χ1) is 5.22. The van der Waals surface area contributed by atoms with E-state index >= 15 is 0 Å². The van der Waals surface area contributed by atoms with Gasteiger partial charge in [-0.15, -0.1) is 0 Å². The minimum Gasteiger partial charge on any atom is -0.371 e. The first-order valence-corrected chi connectivity index (χ1v) is 4.27. The molecule has 3 nitrogen and oxygen atoms in total. The Morgan fingerprint density at radius 1 is 1.64 bits per heavy atom. The van der Waals surface area contributed by atoms with Crippen LogP contribution in [0, 0.1) is 0 Å².